The Labute approximate surface area is 125 Å². The fourth-order valence-corrected chi connectivity index (χ4v) is 2.00. The highest BCUT2D eigenvalue weighted by molar-refractivity contribution is 5.93. The summed E-state index contributed by atoms with van der Waals surface area (Å²) >= 11 is 0. The molecule has 0 fully saturated rings. The molecule has 0 unspecified atom stereocenters. The summed E-state index contributed by atoms with van der Waals surface area (Å²) in [5.74, 6) is 0.490. The lowest BCUT2D eigenvalue weighted by Gasteiger charge is -2.18. The van der Waals surface area contributed by atoms with Gasteiger partial charge in [0.25, 0.3) is 5.91 Å². The molecule has 0 spiro atoms. The monoisotopic (exact) mass is 284 g/mol. The summed E-state index contributed by atoms with van der Waals surface area (Å²) in [5, 5.41) is 3.14. The van der Waals surface area contributed by atoms with Gasteiger partial charge in [-0.1, -0.05) is 30.3 Å². The summed E-state index contributed by atoms with van der Waals surface area (Å²) in [5.41, 5.74) is 1.67. The first-order chi connectivity index (χ1) is 10.2. The van der Waals surface area contributed by atoms with Gasteiger partial charge < -0.3 is 10.2 Å². The molecule has 0 saturated heterocycles. The Morgan fingerprint density at radius 3 is 2.29 bits per heavy atom. The second-order valence-corrected chi connectivity index (χ2v) is 4.61. The lowest BCUT2D eigenvalue weighted by atomic mass is 10.2. The predicted octanol–water partition coefficient (Wildman–Crippen LogP) is 2.57. The average molecular weight is 284 g/mol. The fraction of sp³-hybridized carbons (Fsp3) is 0.312. The zero-order valence-corrected chi connectivity index (χ0v) is 12.4. The van der Waals surface area contributed by atoms with E-state index in [1.807, 2.05) is 44.2 Å². The molecule has 0 bridgehead atoms. The molecule has 1 aromatic heterocycles. The third kappa shape index (κ3) is 4.02. The molecule has 5 nitrogen and oxygen atoms in total. The van der Waals surface area contributed by atoms with Gasteiger partial charge in [-0.15, -0.1) is 0 Å². The van der Waals surface area contributed by atoms with Crippen molar-refractivity contribution in [3.8, 4) is 0 Å². The van der Waals surface area contributed by atoms with Crippen LogP contribution < -0.4 is 5.32 Å². The van der Waals surface area contributed by atoms with E-state index in [1.54, 1.807) is 17.3 Å². The molecule has 21 heavy (non-hydrogen) atoms. The van der Waals surface area contributed by atoms with E-state index < -0.39 is 0 Å². The zero-order valence-electron chi connectivity index (χ0n) is 12.4. The number of rotatable bonds is 6. The van der Waals surface area contributed by atoms with Gasteiger partial charge in [-0.25, -0.2) is 9.97 Å². The molecule has 110 valence electrons. The number of anilines is 1. The van der Waals surface area contributed by atoms with E-state index in [0.717, 1.165) is 5.56 Å². The Morgan fingerprint density at radius 1 is 1.10 bits per heavy atom. The van der Waals surface area contributed by atoms with E-state index in [9.17, 15) is 4.79 Å². The van der Waals surface area contributed by atoms with Gasteiger partial charge in [0.05, 0.1) is 5.56 Å². The number of aromatic nitrogens is 2. The van der Waals surface area contributed by atoms with Gasteiger partial charge in [0.15, 0.2) is 0 Å². The average Bonchev–Trinajstić information content (AvgIpc) is 2.55. The van der Waals surface area contributed by atoms with Crippen molar-refractivity contribution in [3.63, 3.8) is 0 Å². The van der Waals surface area contributed by atoms with Gasteiger partial charge >= 0.3 is 0 Å². The Balaban J connectivity index is 1.97. The molecular formula is C16H20N4O. The molecule has 1 N–H and O–H groups in total. The summed E-state index contributed by atoms with van der Waals surface area (Å²) < 4.78 is 0. The quantitative estimate of drug-likeness (QED) is 0.885. The molecular weight excluding hydrogens is 264 g/mol. The maximum Gasteiger partial charge on any atom is 0.256 e. The largest absolute Gasteiger partial charge is 0.350 e. The van der Waals surface area contributed by atoms with Gasteiger partial charge in [-0.2, -0.15) is 0 Å². The van der Waals surface area contributed by atoms with Crippen LogP contribution in [-0.2, 0) is 6.54 Å². The molecule has 1 amide bonds. The van der Waals surface area contributed by atoms with Crippen molar-refractivity contribution < 1.29 is 4.79 Å². The summed E-state index contributed by atoms with van der Waals surface area (Å²) in [7, 11) is 0. The van der Waals surface area contributed by atoms with Crippen LogP contribution in [0.2, 0.25) is 0 Å². The molecule has 0 saturated carbocycles. The molecule has 5 heteroatoms. The number of benzene rings is 1. The van der Waals surface area contributed by atoms with Crippen LogP contribution in [0.5, 0.6) is 0 Å². The topological polar surface area (TPSA) is 58.1 Å². The van der Waals surface area contributed by atoms with E-state index in [-0.39, 0.29) is 5.91 Å². The van der Waals surface area contributed by atoms with Crippen molar-refractivity contribution >= 4 is 11.9 Å². The minimum absolute atomic E-state index is 0.0328. The van der Waals surface area contributed by atoms with Gasteiger partial charge in [0, 0.05) is 32.0 Å². The van der Waals surface area contributed by atoms with E-state index in [0.29, 0.717) is 31.1 Å². The Kier molecular flexibility index (Phi) is 5.26. The normalized spacial score (nSPS) is 10.2. The van der Waals surface area contributed by atoms with Crippen LogP contribution in [0.3, 0.4) is 0 Å². The highest BCUT2D eigenvalue weighted by Gasteiger charge is 2.13. The van der Waals surface area contributed by atoms with Crippen LogP contribution in [-0.4, -0.2) is 33.9 Å². The minimum atomic E-state index is -0.0328. The molecule has 2 aromatic rings. The molecule has 0 atom stereocenters. The summed E-state index contributed by atoms with van der Waals surface area (Å²) in [6.07, 6.45) is 3.14. The van der Waals surface area contributed by atoms with Crippen LogP contribution in [0, 0.1) is 0 Å². The van der Waals surface area contributed by atoms with Crippen LogP contribution in [0.4, 0.5) is 5.95 Å². The van der Waals surface area contributed by atoms with E-state index >= 15 is 0 Å². The lowest BCUT2D eigenvalue weighted by Crippen LogP contribution is -2.30. The van der Waals surface area contributed by atoms with Crippen molar-refractivity contribution in [1.82, 2.24) is 14.9 Å². The number of hydrogen-bond donors (Lipinski definition) is 1. The number of carbonyl (C=O) groups excluding carboxylic acids is 1. The van der Waals surface area contributed by atoms with Crippen molar-refractivity contribution in [3.05, 3.63) is 53.9 Å². The Hall–Kier alpha value is -2.43. The lowest BCUT2D eigenvalue weighted by molar-refractivity contribution is 0.0772. The zero-order chi connectivity index (χ0) is 15.1. The maximum atomic E-state index is 12.1. The van der Waals surface area contributed by atoms with Crippen molar-refractivity contribution in [2.24, 2.45) is 0 Å². The first-order valence-electron chi connectivity index (χ1n) is 7.13. The number of hydrogen-bond acceptors (Lipinski definition) is 4. The minimum Gasteiger partial charge on any atom is -0.350 e. The Morgan fingerprint density at radius 2 is 1.71 bits per heavy atom. The maximum absolute atomic E-state index is 12.1. The smallest absolute Gasteiger partial charge is 0.256 e. The van der Waals surface area contributed by atoms with Gasteiger partial charge in [-0.3, -0.25) is 4.79 Å². The number of carbonyl (C=O) groups is 1. The highest BCUT2D eigenvalue weighted by atomic mass is 16.2. The van der Waals surface area contributed by atoms with Crippen LogP contribution in [0.25, 0.3) is 0 Å². The standard InChI is InChI=1S/C16H20N4O/c1-3-20(4-2)15(21)14-11-18-16(19-12-14)17-10-13-8-6-5-7-9-13/h5-9,11-12H,3-4,10H2,1-2H3,(H,17,18,19). The molecule has 0 aliphatic carbocycles. The molecule has 2 rings (SSSR count). The third-order valence-electron chi connectivity index (χ3n) is 3.24. The molecule has 1 aromatic carbocycles. The first kappa shape index (κ1) is 15.0. The van der Waals surface area contributed by atoms with Crippen molar-refractivity contribution in [1.29, 1.82) is 0 Å². The van der Waals surface area contributed by atoms with E-state index in [1.165, 1.54) is 0 Å². The van der Waals surface area contributed by atoms with Crippen molar-refractivity contribution in [2.45, 2.75) is 20.4 Å². The summed E-state index contributed by atoms with van der Waals surface area (Å²) in [6, 6.07) is 10.0. The second-order valence-electron chi connectivity index (χ2n) is 4.61. The van der Waals surface area contributed by atoms with Crippen LogP contribution in [0.1, 0.15) is 29.8 Å². The van der Waals surface area contributed by atoms with E-state index in [4.69, 9.17) is 0 Å². The van der Waals surface area contributed by atoms with Crippen LogP contribution >= 0.6 is 0 Å². The molecule has 0 aliphatic rings. The second kappa shape index (κ2) is 7.38. The van der Waals surface area contributed by atoms with Crippen LogP contribution in [0.15, 0.2) is 42.7 Å². The Bertz CT molecular complexity index is 565. The summed E-state index contributed by atoms with van der Waals surface area (Å²) in [6.45, 7) is 5.94. The number of nitrogens with one attached hydrogen (secondary N) is 1. The van der Waals surface area contributed by atoms with Crippen molar-refractivity contribution in [2.75, 3.05) is 18.4 Å². The van der Waals surface area contributed by atoms with Gasteiger partial charge in [0.1, 0.15) is 0 Å². The highest BCUT2D eigenvalue weighted by Crippen LogP contribution is 2.06. The fourth-order valence-electron chi connectivity index (χ4n) is 2.00. The van der Waals surface area contributed by atoms with E-state index in [2.05, 4.69) is 15.3 Å². The third-order valence-corrected chi connectivity index (χ3v) is 3.24. The number of nitrogens with zero attached hydrogens (tertiary/aromatic N) is 3. The predicted molar refractivity (Wildman–Crippen MR) is 83.1 cm³/mol. The first-order valence-corrected chi connectivity index (χ1v) is 7.13. The molecule has 1 heterocycles. The SMILES string of the molecule is CCN(CC)C(=O)c1cnc(NCc2ccccc2)nc1. The molecule has 0 radical (unpaired) electrons. The van der Waals surface area contributed by atoms with Gasteiger partial charge in [0.2, 0.25) is 5.95 Å². The summed E-state index contributed by atoms with van der Waals surface area (Å²) in [4.78, 5) is 22.3. The van der Waals surface area contributed by atoms with Gasteiger partial charge in [-0.05, 0) is 19.4 Å². The number of amides is 1. The molecule has 0 aliphatic heterocycles.